The first-order chi connectivity index (χ1) is 14.4. The van der Waals surface area contributed by atoms with Crippen LogP contribution in [-0.2, 0) is 16.6 Å². The Morgan fingerprint density at radius 1 is 1.23 bits per heavy atom. The average Bonchev–Trinajstić information content (AvgIpc) is 3.31. The fraction of sp³-hybridized carbons (Fsp3) is 0.375. The number of rotatable bonds is 6. The van der Waals surface area contributed by atoms with Crippen molar-refractivity contribution in [3.05, 3.63) is 69.8 Å². The summed E-state index contributed by atoms with van der Waals surface area (Å²) < 4.78 is 7.90. The maximum Gasteiger partial charge on any atom is 0.221 e. The lowest BCUT2D eigenvalue weighted by Gasteiger charge is -2.24. The highest BCUT2D eigenvalue weighted by Gasteiger charge is 2.31. The van der Waals surface area contributed by atoms with E-state index in [1.807, 2.05) is 31.3 Å². The van der Waals surface area contributed by atoms with Gasteiger partial charge in [-0.2, -0.15) is 0 Å². The first-order valence-electron chi connectivity index (χ1n) is 10.3. The van der Waals surface area contributed by atoms with E-state index in [-0.39, 0.29) is 17.4 Å². The number of hydrogen-bond acceptors (Lipinski definition) is 2. The van der Waals surface area contributed by atoms with Crippen molar-refractivity contribution < 1.29 is 9.53 Å². The average molecular weight is 445 g/mol. The second-order valence-electron chi connectivity index (χ2n) is 8.32. The third-order valence-corrected chi connectivity index (χ3v) is 6.74. The number of benzene rings is 2. The summed E-state index contributed by atoms with van der Waals surface area (Å²) in [6.07, 6.45) is 4.43. The maximum atomic E-state index is 13.0. The van der Waals surface area contributed by atoms with E-state index in [2.05, 4.69) is 35.1 Å². The van der Waals surface area contributed by atoms with Crippen LogP contribution in [0.1, 0.15) is 43.2 Å². The Balaban J connectivity index is 1.65. The maximum absolute atomic E-state index is 13.0. The van der Waals surface area contributed by atoms with Crippen LogP contribution in [0, 0.1) is 0 Å². The molecular weight excluding hydrogens is 419 g/mol. The number of carbonyl (C=O) groups excluding carboxylic acids is 1. The molecule has 1 fully saturated rings. The third kappa shape index (κ3) is 4.36. The molecule has 1 amide bonds. The summed E-state index contributed by atoms with van der Waals surface area (Å²) >= 11 is 12.5. The van der Waals surface area contributed by atoms with Crippen LogP contribution < -0.4 is 5.32 Å². The Kier molecular flexibility index (Phi) is 6.10. The molecule has 1 N–H and O–H groups in total. The smallest absolute Gasteiger partial charge is 0.221 e. The van der Waals surface area contributed by atoms with E-state index in [1.165, 1.54) is 0 Å². The van der Waals surface area contributed by atoms with Gasteiger partial charge in [0.2, 0.25) is 5.91 Å². The Morgan fingerprint density at radius 2 is 2.03 bits per heavy atom. The molecule has 4 rings (SSSR count). The van der Waals surface area contributed by atoms with Gasteiger partial charge in [0.05, 0.1) is 15.6 Å². The second kappa shape index (κ2) is 8.62. The molecule has 4 nitrogen and oxygen atoms in total. The van der Waals surface area contributed by atoms with Crippen LogP contribution in [0.5, 0.6) is 0 Å². The number of carbonyl (C=O) groups is 1. The van der Waals surface area contributed by atoms with E-state index in [0.29, 0.717) is 23.0 Å². The number of ether oxygens (including phenoxy) is 1. The molecule has 30 heavy (non-hydrogen) atoms. The summed E-state index contributed by atoms with van der Waals surface area (Å²) in [5.74, 6) is -0.140. The van der Waals surface area contributed by atoms with Gasteiger partial charge >= 0.3 is 0 Å². The number of fused-ring (bicyclic) bond motifs is 1. The van der Waals surface area contributed by atoms with Gasteiger partial charge in [0, 0.05) is 49.6 Å². The molecule has 1 saturated heterocycles. The van der Waals surface area contributed by atoms with Gasteiger partial charge in [-0.1, -0.05) is 47.5 Å². The minimum atomic E-state index is -0.270. The van der Waals surface area contributed by atoms with Gasteiger partial charge in [0.1, 0.15) is 0 Å². The van der Waals surface area contributed by atoms with Crippen LogP contribution in [0.15, 0.2) is 48.7 Å². The molecule has 0 saturated carbocycles. The number of amides is 1. The molecule has 0 unspecified atom stereocenters. The standard InChI is InChI=1S/C24H26Cl2N2O2/c1-24(10-5-11-30-24)15-27-23(29)13-18(16-8-9-20(25)21(26)12-16)19-14-28(2)22-7-4-3-6-17(19)22/h3-4,6-9,12,14,18H,5,10-11,13,15H2,1-2H3,(H,27,29)/t18-,24+/m1/s1. The van der Waals surface area contributed by atoms with Crippen molar-refractivity contribution in [2.45, 2.75) is 37.7 Å². The van der Waals surface area contributed by atoms with E-state index in [0.717, 1.165) is 41.5 Å². The highest BCUT2D eigenvalue weighted by atomic mass is 35.5. The highest BCUT2D eigenvalue weighted by Crippen LogP contribution is 2.37. The quantitative estimate of drug-likeness (QED) is 0.530. The predicted molar refractivity (Wildman–Crippen MR) is 122 cm³/mol. The van der Waals surface area contributed by atoms with Crippen LogP contribution in [0.2, 0.25) is 10.0 Å². The van der Waals surface area contributed by atoms with Crippen LogP contribution in [0.3, 0.4) is 0 Å². The molecule has 1 aliphatic heterocycles. The van der Waals surface area contributed by atoms with Gasteiger partial charge in [-0.3, -0.25) is 4.79 Å². The molecule has 2 heterocycles. The van der Waals surface area contributed by atoms with Crippen LogP contribution >= 0.6 is 23.2 Å². The molecule has 0 spiro atoms. The topological polar surface area (TPSA) is 43.3 Å². The molecular formula is C24H26Cl2N2O2. The number of nitrogens with one attached hydrogen (secondary N) is 1. The minimum Gasteiger partial charge on any atom is -0.373 e. The van der Waals surface area contributed by atoms with Crippen LogP contribution in [-0.4, -0.2) is 29.2 Å². The largest absolute Gasteiger partial charge is 0.373 e. The van der Waals surface area contributed by atoms with Crippen molar-refractivity contribution in [1.82, 2.24) is 9.88 Å². The van der Waals surface area contributed by atoms with Crippen molar-refractivity contribution in [3.8, 4) is 0 Å². The van der Waals surface area contributed by atoms with Crippen molar-refractivity contribution in [2.75, 3.05) is 13.2 Å². The number of para-hydroxylation sites is 1. The van der Waals surface area contributed by atoms with E-state index in [4.69, 9.17) is 27.9 Å². The van der Waals surface area contributed by atoms with Gasteiger partial charge in [0.15, 0.2) is 0 Å². The number of aryl methyl sites for hydroxylation is 1. The Morgan fingerprint density at radius 3 is 2.77 bits per heavy atom. The lowest BCUT2D eigenvalue weighted by Crippen LogP contribution is -2.40. The van der Waals surface area contributed by atoms with E-state index in [9.17, 15) is 4.79 Å². The summed E-state index contributed by atoms with van der Waals surface area (Å²) in [7, 11) is 2.02. The minimum absolute atomic E-state index is 0.00395. The third-order valence-electron chi connectivity index (χ3n) is 6.00. The van der Waals surface area contributed by atoms with Crippen LogP contribution in [0.25, 0.3) is 10.9 Å². The summed E-state index contributed by atoms with van der Waals surface area (Å²) in [6.45, 7) is 3.34. The second-order valence-corrected chi connectivity index (χ2v) is 9.14. The molecule has 158 valence electrons. The molecule has 3 aromatic rings. The zero-order chi connectivity index (χ0) is 21.3. The summed E-state index contributed by atoms with van der Waals surface area (Å²) in [5, 5.41) is 5.22. The summed E-state index contributed by atoms with van der Waals surface area (Å²) in [6, 6.07) is 13.8. The zero-order valence-corrected chi connectivity index (χ0v) is 18.8. The van der Waals surface area contributed by atoms with Crippen molar-refractivity contribution in [1.29, 1.82) is 0 Å². The van der Waals surface area contributed by atoms with Crippen LogP contribution in [0.4, 0.5) is 0 Å². The van der Waals surface area contributed by atoms with Gasteiger partial charge in [-0.25, -0.2) is 0 Å². The van der Waals surface area contributed by atoms with Gasteiger partial charge in [-0.05, 0) is 49.1 Å². The summed E-state index contributed by atoms with van der Waals surface area (Å²) in [5.41, 5.74) is 2.93. The van der Waals surface area contributed by atoms with Gasteiger partial charge in [0.25, 0.3) is 0 Å². The van der Waals surface area contributed by atoms with Gasteiger partial charge < -0.3 is 14.6 Å². The van der Waals surface area contributed by atoms with Crippen molar-refractivity contribution >= 4 is 40.0 Å². The normalized spacial score (nSPS) is 19.9. The van der Waals surface area contributed by atoms with E-state index >= 15 is 0 Å². The predicted octanol–water partition coefficient (Wildman–Crippen LogP) is 5.69. The first kappa shape index (κ1) is 21.2. The molecule has 2 aromatic carbocycles. The van der Waals surface area contributed by atoms with E-state index < -0.39 is 0 Å². The Hall–Kier alpha value is -2.01. The first-order valence-corrected chi connectivity index (χ1v) is 11.0. The lowest BCUT2D eigenvalue weighted by atomic mass is 9.88. The summed E-state index contributed by atoms with van der Waals surface area (Å²) in [4.78, 5) is 13.0. The molecule has 2 atom stereocenters. The molecule has 0 radical (unpaired) electrons. The highest BCUT2D eigenvalue weighted by molar-refractivity contribution is 6.42. The fourth-order valence-corrected chi connectivity index (χ4v) is 4.61. The number of halogens is 2. The number of nitrogens with zero attached hydrogens (tertiary/aromatic N) is 1. The lowest BCUT2D eigenvalue weighted by molar-refractivity contribution is -0.122. The Bertz CT molecular complexity index is 1070. The number of hydrogen-bond donors (Lipinski definition) is 1. The molecule has 0 bridgehead atoms. The molecule has 0 aliphatic carbocycles. The monoisotopic (exact) mass is 444 g/mol. The van der Waals surface area contributed by atoms with Crippen molar-refractivity contribution in [3.63, 3.8) is 0 Å². The number of aromatic nitrogens is 1. The molecule has 1 aliphatic rings. The zero-order valence-electron chi connectivity index (χ0n) is 17.3. The SMILES string of the molecule is Cn1cc([C@H](CC(=O)NC[C@]2(C)CCCO2)c2ccc(Cl)c(Cl)c2)c2ccccc21. The van der Waals surface area contributed by atoms with Gasteiger partial charge in [-0.15, -0.1) is 0 Å². The van der Waals surface area contributed by atoms with E-state index in [1.54, 1.807) is 6.07 Å². The van der Waals surface area contributed by atoms with Crippen molar-refractivity contribution in [2.24, 2.45) is 7.05 Å². The molecule has 6 heteroatoms. The fourth-order valence-electron chi connectivity index (χ4n) is 4.31. The molecule has 1 aromatic heterocycles. The Labute approximate surface area is 187 Å².